The molecule has 0 atom stereocenters. The number of anilines is 1. The standard InChI is InChI=1S/C21H26N2O3/c1-25-14-15-26-20-7-3-2-6-19(20)21(24)22-16-17-8-10-18(11-9-17)23-12-4-5-13-23/h2-3,6-11H,4-5,12-16H2,1H3,(H,22,24). The third-order valence-corrected chi connectivity index (χ3v) is 4.54. The third kappa shape index (κ3) is 4.76. The summed E-state index contributed by atoms with van der Waals surface area (Å²) in [5.74, 6) is 0.438. The van der Waals surface area contributed by atoms with Gasteiger partial charge in [0.15, 0.2) is 0 Å². The number of ether oxygens (including phenoxy) is 2. The molecule has 1 amide bonds. The van der Waals surface area contributed by atoms with E-state index in [0.717, 1.165) is 18.7 Å². The minimum atomic E-state index is -0.137. The number of hydrogen-bond acceptors (Lipinski definition) is 4. The van der Waals surface area contributed by atoms with Gasteiger partial charge in [-0.15, -0.1) is 0 Å². The molecule has 1 aliphatic rings. The highest BCUT2D eigenvalue weighted by Crippen LogP contribution is 2.21. The third-order valence-electron chi connectivity index (χ3n) is 4.54. The van der Waals surface area contributed by atoms with Crippen molar-refractivity contribution in [2.75, 3.05) is 38.3 Å². The van der Waals surface area contributed by atoms with Gasteiger partial charge in [-0.05, 0) is 42.7 Å². The quantitative estimate of drug-likeness (QED) is 0.740. The molecule has 0 spiro atoms. The summed E-state index contributed by atoms with van der Waals surface area (Å²) in [5, 5.41) is 2.97. The molecule has 26 heavy (non-hydrogen) atoms. The molecule has 0 radical (unpaired) electrons. The topological polar surface area (TPSA) is 50.8 Å². The van der Waals surface area contributed by atoms with Crippen LogP contribution >= 0.6 is 0 Å². The Balaban J connectivity index is 1.56. The van der Waals surface area contributed by atoms with Crippen LogP contribution in [0.25, 0.3) is 0 Å². The van der Waals surface area contributed by atoms with Crippen molar-refractivity contribution in [2.24, 2.45) is 0 Å². The lowest BCUT2D eigenvalue weighted by Crippen LogP contribution is -2.24. The molecule has 138 valence electrons. The van der Waals surface area contributed by atoms with Crippen molar-refractivity contribution >= 4 is 11.6 Å². The molecule has 0 aliphatic carbocycles. The monoisotopic (exact) mass is 354 g/mol. The Hall–Kier alpha value is -2.53. The molecule has 1 saturated heterocycles. The molecule has 5 heteroatoms. The van der Waals surface area contributed by atoms with Crippen molar-refractivity contribution in [3.63, 3.8) is 0 Å². The van der Waals surface area contributed by atoms with Crippen LogP contribution in [0.1, 0.15) is 28.8 Å². The van der Waals surface area contributed by atoms with E-state index < -0.39 is 0 Å². The molecule has 0 bridgehead atoms. The van der Waals surface area contributed by atoms with Crippen molar-refractivity contribution in [2.45, 2.75) is 19.4 Å². The summed E-state index contributed by atoms with van der Waals surface area (Å²) in [6.45, 7) is 3.66. The van der Waals surface area contributed by atoms with Crippen LogP contribution < -0.4 is 15.0 Å². The Kier molecular flexibility index (Phi) is 6.50. The average molecular weight is 354 g/mol. The zero-order chi connectivity index (χ0) is 18.2. The summed E-state index contributed by atoms with van der Waals surface area (Å²) in [4.78, 5) is 14.9. The smallest absolute Gasteiger partial charge is 0.255 e. The van der Waals surface area contributed by atoms with Crippen molar-refractivity contribution < 1.29 is 14.3 Å². The second kappa shape index (κ2) is 9.25. The number of methoxy groups -OCH3 is 1. The zero-order valence-corrected chi connectivity index (χ0v) is 15.2. The van der Waals surface area contributed by atoms with Crippen LogP contribution in [0.4, 0.5) is 5.69 Å². The molecular formula is C21H26N2O3. The maximum atomic E-state index is 12.5. The Labute approximate surface area is 154 Å². The molecule has 5 nitrogen and oxygen atoms in total. The lowest BCUT2D eigenvalue weighted by atomic mass is 10.1. The van der Waals surface area contributed by atoms with Gasteiger partial charge in [0.05, 0.1) is 12.2 Å². The minimum Gasteiger partial charge on any atom is -0.490 e. The molecule has 2 aromatic rings. The number of rotatable bonds is 8. The van der Waals surface area contributed by atoms with Gasteiger partial charge in [-0.2, -0.15) is 0 Å². The summed E-state index contributed by atoms with van der Waals surface area (Å²) >= 11 is 0. The fourth-order valence-corrected chi connectivity index (χ4v) is 3.09. The minimum absolute atomic E-state index is 0.137. The van der Waals surface area contributed by atoms with Gasteiger partial charge < -0.3 is 19.7 Å². The number of benzene rings is 2. The summed E-state index contributed by atoms with van der Waals surface area (Å²) in [7, 11) is 1.62. The summed E-state index contributed by atoms with van der Waals surface area (Å²) in [5.41, 5.74) is 2.88. The first-order chi connectivity index (χ1) is 12.8. The first kappa shape index (κ1) is 18.3. The highest BCUT2D eigenvalue weighted by molar-refractivity contribution is 5.96. The fraction of sp³-hybridized carbons (Fsp3) is 0.381. The molecule has 0 unspecified atom stereocenters. The first-order valence-corrected chi connectivity index (χ1v) is 9.11. The van der Waals surface area contributed by atoms with Crippen molar-refractivity contribution in [1.82, 2.24) is 5.32 Å². The number of nitrogens with one attached hydrogen (secondary N) is 1. The van der Waals surface area contributed by atoms with Crippen LogP contribution in [0.2, 0.25) is 0 Å². The molecule has 1 fully saturated rings. The van der Waals surface area contributed by atoms with Gasteiger partial charge in [-0.1, -0.05) is 24.3 Å². The first-order valence-electron chi connectivity index (χ1n) is 9.11. The van der Waals surface area contributed by atoms with Gasteiger partial charge in [0, 0.05) is 32.4 Å². The predicted octanol–water partition coefficient (Wildman–Crippen LogP) is 3.24. The zero-order valence-electron chi connectivity index (χ0n) is 15.2. The molecule has 2 aromatic carbocycles. The van der Waals surface area contributed by atoms with E-state index >= 15 is 0 Å². The van der Waals surface area contributed by atoms with E-state index in [-0.39, 0.29) is 5.91 Å². The van der Waals surface area contributed by atoms with Crippen LogP contribution in [0.5, 0.6) is 5.75 Å². The van der Waals surface area contributed by atoms with E-state index in [4.69, 9.17) is 9.47 Å². The predicted molar refractivity (Wildman–Crippen MR) is 103 cm³/mol. The normalized spacial score (nSPS) is 13.7. The van der Waals surface area contributed by atoms with Crippen LogP contribution in [-0.2, 0) is 11.3 Å². The van der Waals surface area contributed by atoms with Gasteiger partial charge >= 0.3 is 0 Å². The van der Waals surface area contributed by atoms with Crippen LogP contribution in [0.15, 0.2) is 48.5 Å². The van der Waals surface area contributed by atoms with Gasteiger partial charge in [0.2, 0.25) is 0 Å². The van der Waals surface area contributed by atoms with Crippen molar-refractivity contribution in [3.8, 4) is 5.75 Å². The van der Waals surface area contributed by atoms with Crippen molar-refractivity contribution in [1.29, 1.82) is 0 Å². The SMILES string of the molecule is COCCOc1ccccc1C(=O)NCc1ccc(N2CCCC2)cc1. The Morgan fingerprint density at radius 3 is 2.50 bits per heavy atom. The summed E-state index contributed by atoms with van der Waals surface area (Å²) < 4.78 is 10.6. The van der Waals surface area contributed by atoms with Gasteiger partial charge in [-0.3, -0.25) is 4.79 Å². The second-order valence-electron chi connectivity index (χ2n) is 6.38. The van der Waals surface area contributed by atoms with Gasteiger partial charge in [-0.25, -0.2) is 0 Å². The van der Waals surface area contributed by atoms with Crippen LogP contribution in [-0.4, -0.2) is 39.3 Å². The lowest BCUT2D eigenvalue weighted by molar-refractivity contribution is 0.0943. The summed E-state index contributed by atoms with van der Waals surface area (Å²) in [6.07, 6.45) is 2.54. The molecule has 1 aliphatic heterocycles. The largest absolute Gasteiger partial charge is 0.490 e. The van der Waals surface area contributed by atoms with E-state index in [1.807, 2.05) is 12.1 Å². The highest BCUT2D eigenvalue weighted by atomic mass is 16.5. The second-order valence-corrected chi connectivity index (χ2v) is 6.38. The number of amides is 1. The highest BCUT2D eigenvalue weighted by Gasteiger charge is 2.13. The fourth-order valence-electron chi connectivity index (χ4n) is 3.09. The van der Waals surface area contributed by atoms with E-state index in [0.29, 0.717) is 31.1 Å². The van der Waals surface area contributed by atoms with E-state index in [1.54, 1.807) is 19.2 Å². The molecule has 0 saturated carbocycles. The van der Waals surface area contributed by atoms with E-state index in [2.05, 4.69) is 34.5 Å². The summed E-state index contributed by atoms with van der Waals surface area (Å²) in [6, 6.07) is 15.7. The maximum Gasteiger partial charge on any atom is 0.255 e. The average Bonchev–Trinajstić information content (AvgIpc) is 3.22. The number of hydrogen-bond donors (Lipinski definition) is 1. The molecular weight excluding hydrogens is 328 g/mol. The number of carbonyl (C=O) groups excluding carboxylic acids is 1. The lowest BCUT2D eigenvalue weighted by Gasteiger charge is -2.17. The number of para-hydroxylation sites is 1. The van der Waals surface area contributed by atoms with Crippen LogP contribution in [0, 0.1) is 0 Å². The molecule has 1 N–H and O–H groups in total. The molecule has 1 heterocycles. The number of nitrogens with zero attached hydrogens (tertiary/aromatic N) is 1. The molecule has 0 aromatic heterocycles. The van der Waals surface area contributed by atoms with Crippen molar-refractivity contribution in [3.05, 3.63) is 59.7 Å². The molecule has 3 rings (SSSR count). The Morgan fingerprint density at radius 2 is 1.77 bits per heavy atom. The Bertz CT molecular complexity index is 709. The Morgan fingerprint density at radius 1 is 1.04 bits per heavy atom. The van der Waals surface area contributed by atoms with Gasteiger partial charge in [0.25, 0.3) is 5.91 Å². The van der Waals surface area contributed by atoms with E-state index in [9.17, 15) is 4.79 Å². The maximum absolute atomic E-state index is 12.5. The van der Waals surface area contributed by atoms with E-state index in [1.165, 1.54) is 18.5 Å². The van der Waals surface area contributed by atoms with Crippen LogP contribution in [0.3, 0.4) is 0 Å². The number of carbonyl (C=O) groups is 1. The van der Waals surface area contributed by atoms with Gasteiger partial charge in [0.1, 0.15) is 12.4 Å².